The van der Waals surface area contributed by atoms with Crippen molar-refractivity contribution in [1.29, 1.82) is 0 Å². The summed E-state index contributed by atoms with van der Waals surface area (Å²) in [4.78, 5) is 50.2. The highest BCUT2D eigenvalue weighted by Crippen LogP contribution is 2.44. The summed E-state index contributed by atoms with van der Waals surface area (Å²) in [5.41, 5.74) is 2.82. The van der Waals surface area contributed by atoms with E-state index < -0.39 is 5.54 Å². The molecule has 1 N–H and O–H groups in total. The maximum atomic E-state index is 13.9. The van der Waals surface area contributed by atoms with Gasteiger partial charge in [-0.2, -0.15) is 0 Å². The van der Waals surface area contributed by atoms with Gasteiger partial charge in [0.1, 0.15) is 5.54 Å². The number of urea groups is 1. The summed E-state index contributed by atoms with van der Waals surface area (Å²) < 4.78 is 0. The summed E-state index contributed by atoms with van der Waals surface area (Å²) in [6, 6.07) is 15.4. The van der Waals surface area contributed by atoms with Crippen LogP contribution < -0.4 is 15.1 Å². The van der Waals surface area contributed by atoms with Crippen molar-refractivity contribution < 1.29 is 14.4 Å². The number of hydrogen-bond donors (Lipinski definition) is 1. The Morgan fingerprint density at radius 2 is 1.77 bits per heavy atom. The van der Waals surface area contributed by atoms with Gasteiger partial charge in [0.25, 0.3) is 5.91 Å². The third kappa shape index (κ3) is 4.35. The first-order valence-electron chi connectivity index (χ1n) is 14.2. The van der Waals surface area contributed by atoms with Crippen molar-refractivity contribution >= 4 is 40.1 Å². The minimum Gasteiger partial charge on any atom is -0.310 e. The van der Waals surface area contributed by atoms with Crippen molar-refractivity contribution in [3.63, 3.8) is 0 Å². The Hall–Kier alpha value is -3.78. The van der Waals surface area contributed by atoms with E-state index in [0.717, 1.165) is 40.6 Å². The quantitative estimate of drug-likeness (QED) is 0.439. The number of amides is 4. The molecular weight excluding hydrogens is 502 g/mol. The fraction of sp³-hybridized carbons (Fsp3) is 0.438. The molecule has 3 aliphatic rings. The molecule has 1 saturated carbocycles. The predicted octanol–water partition coefficient (Wildman–Crippen LogP) is 5.14. The number of imide groups is 1. The number of nitrogens with zero attached hydrogens (tertiary/aromatic N) is 4. The van der Waals surface area contributed by atoms with Crippen molar-refractivity contribution in [2.45, 2.75) is 76.9 Å². The molecular formula is C32H37N5O3. The van der Waals surface area contributed by atoms with E-state index in [0.29, 0.717) is 18.3 Å². The molecule has 6 rings (SSSR count). The van der Waals surface area contributed by atoms with Crippen LogP contribution in [0.15, 0.2) is 54.7 Å². The lowest BCUT2D eigenvalue weighted by atomic mass is 9.87. The molecule has 2 aliphatic heterocycles. The van der Waals surface area contributed by atoms with Crippen LogP contribution in [0.1, 0.15) is 64.5 Å². The lowest BCUT2D eigenvalue weighted by molar-refractivity contribution is -0.123. The first-order valence-corrected chi connectivity index (χ1v) is 14.2. The molecule has 208 valence electrons. The highest BCUT2D eigenvalue weighted by atomic mass is 16.2. The Bertz CT molecular complexity index is 1500. The summed E-state index contributed by atoms with van der Waals surface area (Å²) >= 11 is 0. The van der Waals surface area contributed by atoms with Gasteiger partial charge in [0, 0.05) is 41.8 Å². The molecule has 3 aromatic rings. The molecule has 0 unspecified atom stereocenters. The standard InChI is InChI=1S/C32H37N5O3/c1-31(2)20-35(28(38)18-34-22-9-5-6-10-22)27-17-23(13-14-25(27)31)37-29(39)32(3,4)36(30(37)40)19-21-15-16-33-26-12-8-7-11-24(21)26/h7-8,11-17,22,34H,5-6,9-10,18-20H2,1-4H3. The topological polar surface area (TPSA) is 85.8 Å². The van der Waals surface area contributed by atoms with E-state index >= 15 is 0 Å². The monoisotopic (exact) mass is 539 g/mol. The number of para-hydroxylation sites is 1. The SMILES string of the molecule is CC1(C)CN(C(=O)CNC2CCCC2)c2cc(N3C(=O)N(Cc4ccnc5ccccc45)C(C)(C)C3=O)ccc21. The molecule has 8 heteroatoms. The number of rotatable bonds is 6. The number of aromatic nitrogens is 1. The zero-order valence-electron chi connectivity index (χ0n) is 23.7. The van der Waals surface area contributed by atoms with Gasteiger partial charge in [-0.25, -0.2) is 9.69 Å². The second kappa shape index (κ2) is 9.70. The predicted molar refractivity (Wildman–Crippen MR) is 156 cm³/mol. The minimum atomic E-state index is -1.04. The van der Waals surface area contributed by atoms with Gasteiger partial charge in [-0.15, -0.1) is 0 Å². The van der Waals surface area contributed by atoms with E-state index in [1.54, 1.807) is 24.9 Å². The molecule has 2 fully saturated rings. The van der Waals surface area contributed by atoms with E-state index in [-0.39, 0.29) is 36.3 Å². The Kier molecular flexibility index (Phi) is 6.41. The highest BCUT2D eigenvalue weighted by molar-refractivity contribution is 6.23. The normalized spacial score (nSPS) is 20.1. The number of pyridine rings is 1. The van der Waals surface area contributed by atoms with Crippen molar-refractivity contribution in [1.82, 2.24) is 15.2 Å². The van der Waals surface area contributed by atoms with Gasteiger partial charge < -0.3 is 15.1 Å². The molecule has 2 aromatic carbocycles. The van der Waals surface area contributed by atoms with Crippen LogP contribution in [0.3, 0.4) is 0 Å². The maximum Gasteiger partial charge on any atom is 0.332 e. The third-order valence-electron chi connectivity index (χ3n) is 8.90. The van der Waals surface area contributed by atoms with Crippen LogP contribution in [0.2, 0.25) is 0 Å². The van der Waals surface area contributed by atoms with Gasteiger partial charge in [-0.05, 0) is 62.1 Å². The average Bonchev–Trinajstić information content (AvgIpc) is 3.59. The van der Waals surface area contributed by atoms with Crippen molar-refractivity contribution in [2.24, 2.45) is 0 Å². The van der Waals surface area contributed by atoms with E-state index in [9.17, 15) is 14.4 Å². The second-order valence-corrected chi connectivity index (χ2v) is 12.5. The molecule has 4 amide bonds. The van der Waals surface area contributed by atoms with Gasteiger partial charge in [0.15, 0.2) is 0 Å². The molecule has 40 heavy (non-hydrogen) atoms. The summed E-state index contributed by atoms with van der Waals surface area (Å²) in [6.07, 6.45) is 6.37. The van der Waals surface area contributed by atoms with Crippen molar-refractivity contribution in [3.05, 3.63) is 65.9 Å². The molecule has 3 heterocycles. The Labute approximate surface area is 235 Å². The first-order chi connectivity index (χ1) is 19.1. The summed E-state index contributed by atoms with van der Waals surface area (Å²) in [5.74, 6) is -0.268. The zero-order valence-corrected chi connectivity index (χ0v) is 23.7. The fourth-order valence-corrected chi connectivity index (χ4v) is 6.49. The largest absolute Gasteiger partial charge is 0.332 e. The molecule has 1 aliphatic carbocycles. The fourth-order valence-electron chi connectivity index (χ4n) is 6.49. The number of benzene rings is 2. The molecule has 0 atom stereocenters. The van der Waals surface area contributed by atoms with Crippen LogP contribution in [-0.4, -0.2) is 52.4 Å². The van der Waals surface area contributed by atoms with Crippen LogP contribution in [0.5, 0.6) is 0 Å². The van der Waals surface area contributed by atoms with Gasteiger partial charge in [-0.3, -0.25) is 14.6 Å². The van der Waals surface area contributed by atoms with Gasteiger partial charge >= 0.3 is 6.03 Å². The van der Waals surface area contributed by atoms with Crippen molar-refractivity contribution in [3.8, 4) is 0 Å². The van der Waals surface area contributed by atoms with E-state index in [1.165, 1.54) is 17.7 Å². The number of anilines is 2. The number of carbonyl (C=O) groups is 3. The van der Waals surface area contributed by atoms with Crippen LogP contribution >= 0.6 is 0 Å². The molecule has 0 spiro atoms. The van der Waals surface area contributed by atoms with Crippen molar-refractivity contribution in [2.75, 3.05) is 22.9 Å². The van der Waals surface area contributed by atoms with Crippen LogP contribution in [0.4, 0.5) is 16.2 Å². The van der Waals surface area contributed by atoms with Crippen LogP contribution in [0, 0.1) is 0 Å². The first kappa shape index (κ1) is 26.4. The second-order valence-electron chi connectivity index (χ2n) is 12.5. The summed E-state index contributed by atoms with van der Waals surface area (Å²) in [5, 5.41) is 4.39. The zero-order chi connectivity index (χ0) is 28.2. The number of nitrogens with one attached hydrogen (secondary N) is 1. The molecule has 0 radical (unpaired) electrons. The number of fused-ring (bicyclic) bond motifs is 2. The third-order valence-corrected chi connectivity index (χ3v) is 8.90. The average molecular weight is 540 g/mol. The Balaban J connectivity index is 1.30. The minimum absolute atomic E-state index is 0.0153. The maximum absolute atomic E-state index is 13.9. The lowest BCUT2D eigenvalue weighted by Gasteiger charge is -2.28. The van der Waals surface area contributed by atoms with E-state index in [4.69, 9.17) is 0 Å². The Morgan fingerprint density at radius 1 is 1.02 bits per heavy atom. The molecule has 1 aromatic heterocycles. The number of hydrogen-bond acceptors (Lipinski definition) is 5. The smallest absolute Gasteiger partial charge is 0.310 e. The van der Waals surface area contributed by atoms with Crippen LogP contribution in [-0.2, 0) is 21.5 Å². The summed E-state index contributed by atoms with van der Waals surface area (Å²) in [6.45, 7) is 8.96. The Morgan fingerprint density at radius 3 is 2.55 bits per heavy atom. The number of carbonyl (C=O) groups excluding carboxylic acids is 3. The summed E-state index contributed by atoms with van der Waals surface area (Å²) in [7, 11) is 0. The molecule has 8 nitrogen and oxygen atoms in total. The highest BCUT2D eigenvalue weighted by Gasteiger charge is 2.52. The van der Waals surface area contributed by atoms with E-state index in [2.05, 4.69) is 24.1 Å². The van der Waals surface area contributed by atoms with Crippen LogP contribution in [0.25, 0.3) is 10.9 Å². The molecule has 0 bridgehead atoms. The van der Waals surface area contributed by atoms with E-state index in [1.807, 2.05) is 53.4 Å². The lowest BCUT2D eigenvalue weighted by Crippen LogP contribution is -2.43. The van der Waals surface area contributed by atoms with Gasteiger partial charge in [-0.1, -0.05) is 51.0 Å². The van der Waals surface area contributed by atoms with Gasteiger partial charge in [0.05, 0.1) is 17.7 Å². The van der Waals surface area contributed by atoms with Gasteiger partial charge in [0.2, 0.25) is 5.91 Å². The molecule has 1 saturated heterocycles.